The summed E-state index contributed by atoms with van der Waals surface area (Å²) >= 11 is 0. The third-order valence-corrected chi connectivity index (χ3v) is 4.82. The molecule has 0 fully saturated rings. The molecule has 7 heteroatoms. The first-order valence-electron chi connectivity index (χ1n) is 7.68. The smallest absolute Gasteiger partial charge is 0.255 e. The maximum Gasteiger partial charge on any atom is 0.255 e. The molecule has 2 amide bonds. The fourth-order valence-corrected chi connectivity index (χ4v) is 3.30. The largest absolute Gasteiger partial charge is 0.354 e. The van der Waals surface area contributed by atoms with E-state index in [1.165, 1.54) is 4.90 Å². The van der Waals surface area contributed by atoms with Crippen LogP contribution in [0.25, 0.3) is 0 Å². The van der Waals surface area contributed by atoms with Crippen molar-refractivity contribution in [2.45, 2.75) is 32.4 Å². The number of carbonyl (C=O) groups is 2. The van der Waals surface area contributed by atoms with Crippen LogP contribution in [0.4, 0.5) is 0 Å². The van der Waals surface area contributed by atoms with Crippen molar-refractivity contribution in [3.8, 4) is 0 Å². The van der Waals surface area contributed by atoms with Gasteiger partial charge in [0, 0.05) is 24.9 Å². The van der Waals surface area contributed by atoms with Crippen LogP contribution in [0, 0.1) is 0 Å². The van der Waals surface area contributed by atoms with Crippen LogP contribution < -0.4 is 5.32 Å². The third kappa shape index (κ3) is 4.31. The second-order valence-corrected chi connectivity index (χ2v) is 8.08. The number of fused-ring (bicyclic) bond motifs is 1. The minimum Gasteiger partial charge on any atom is -0.354 e. The molecular weight excluding hydrogens is 316 g/mol. The van der Waals surface area contributed by atoms with Gasteiger partial charge in [0.2, 0.25) is 5.91 Å². The molecule has 0 radical (unpaired) electrons. The van der Waals surface area contributed by atoms with Crippen molar-refractivity contribution >= 4 is 21.7 Å². The van der Waals surface area contributed by atoms with E-state index in [1.54, 1.807) is 12.1 Å². The summed E-state index contributed by atoms with van der Waals surface area (Å²) in [5.74, 6) is -0.639. The van der Waals surface area contributed by atoms with E-state index in [4.69, 9.17) is 0 Å². The van der Waals surface area contributed by atoms with Gasteiger partial charge in [0.15, 0.2) is 0 Å². The van der Waals surface area contributed by atoms with Crippen LogP contribution >= 0.6 is 0 Å². The molecule has 0 unspecified atom stereocenters. The topological polar surface area (TPSA) is 83.6 Å². The van der Waals surface area contributed by atoms with Crippen LogP contribution in [0.5, 0.6) is 0 Å². The van der Waals surface area contributed by atoms with Gasteiger partial charge in [-0.05, 0) is 24.5 Å². The third-order valence-electron chi connectivity index (χ3n) is 3.84. The summed E-state index contributed by atoms with van der Waals surface area (Å²) in [5, 5.41) is 2.77. The minimum atomic E-state index is -3.21. The zero-order valence-corrected chi connectivity index (χ0v) is 14.2. The Morgan fingerprint density at radius 1 is 1.35 bits per heavy atom. The van der Waals surface area contributed by atoms with Crippen molar-refractivity contribution in [1.29, 1.82) is 0 Å². The molecule has 0 bridgehead atoms. The van der Waals surface area contributed by atoms with E-state index in [0.717, 1.165) is 18.2 Å². The lowest BCUT2D eigenvalue weighted by Gasteiger charge is -2.26. The van der Waals surface area contributed by atoms with Crippen molar-refractivity contribution in [1.82, 2.24) is 10.2 Å². The van der Waals surface area contributed by atoms with Crippen LogP contribution in [0.1, 0.15) is 35.7 Å². The maximum atomic E-state index is 12.5. The van der Waals surface area contributed by atoms with Crippen LogP contribution in [-0.2, 0) is 21.2 Å². The van der Waals surface area contributed by atoms with Gasteiger partial charge in [-0.25, -0.2) is 8.42 Å². The Bertz CT molecular complexity index is 700. The fraction of sp³-hybridized carbons (Fsp3) is 0.500. The molecule has 0 saturated carbocycles. The van der Waals surface area contributed by atoms with E-state index < -0.39 is 15.9 Å². The van der Waals surface area contributed by atoms with Gasteiger partial charge in [-0.3, -0.25) is 9.59 Å². The molecule has 2 rings (SSSR count). The summed E-state index contributed by atoms with van der Waals surface area (Å²) in [5.41, 5.74) is 1.45. The molecule has 0 spiro atoms. The molecule has 23 heavy (non-hydrogen) atoms. The number of nitrogens with one attached hydrogen (secondary N) is 1. The molecule has 1 heterocycles. The van der Waals surface area contributed by atoms with Gasteiger partial charge >= 0.3 is 0 Å². The molecule has 0 aliphatic carbocycles. The van der Waals surface area contributed by atoms with Crippen LogP contribution in [0.3, 0.4) is 0 Å². The highest BCUT2D eigenvalue weighted by molar-refractivity contribution is 7.90. The number of rotatable bonds is 7. The molecule has 1 aromatic carbocycles. The molecule has 1 aliphatic heterocycles. The zero-order valence-electron chi connectivity index (χ0n) is 13.4. The van der Waals surface area contributed by atoms with E-state index in [9.17, 15) is 18.0 Å². The Hall–Kier alpha value is -1.89. The number of benzene rings is 1. The number of amides is 2. The quantitative estimate of drug-likeness (QED) is 0.803. The van der Waals surface area contributed by atoms with Gasteiger partial charge in [-0.2, -0.15) is 0 Å². The summed E-state index contributed by atoms with van der Waals surface area (Å²) in [4.78, 5) is 26.4. The summed E-state index contributed by atoms with van der Waals surface area (Å²) < 4.78 is 22.9. The van der Waals surface area contributed by atoms with Crippen molar-refractivity contribution in [2.75, 3.05) is 18.6 Å². The summed E-state index contributed by atoms with van der Waals surface area (Å²) in [6.07, 6.45) is 2.02. The molecule has 1 atom stereocenters. The van der Waals surface area contributed by atoms with Crippen LogP contribution in [0.15, 0.2) is 24.3 Å². The Kier molecular flexibility index (Phi) is 5.41. The number of hydrogen-bond donors (Lipinski definition) is 1. The molecule has 0 saturated heterocycles. The highest BCUT2D eigenvalue weighted by Gasteiger charge is 2.36. The Morgan fingerprint density at radius 2 is 2.04 bits per heavy atom. The first-order valence-corrected chi connectivity index (χ1v) is 9.74. The maximum absolute atomic E-state index is 12.5. The predicted octanol–water partition coefficient (Wildman–Crippen LogP) is 0.972. The molecule has 1 aromatic rings. The monoisotopic (exact) mass is 338 g/mol. The predicted molar refractivity (Wildman–Crippen MR) is 87.7 cm³/mol. The Morgan fingerprint density at radius 3 is 2.65 bits per heavy atom. The standard InChI is InChI=1S/C16H22N2O4S/c1-3-9-17-15(19)14(8-10-23(2,21)22)18-11-12-6-4-5-7-13(12)16(18)20/h4-7,14H,3,8-11H2,1-2H3,(H,17,19)/t14-/m0/s1. The van der Waals surface area contributed by atoms with E-state index in [-0.39, 0.29) is 24.0 Å². The molecule has 1 N–H and O–H groups in total. The number of hydrogen-bond acceptors (Lipinski definition) is 4. The van der Waals surface area contributed by atoms with Gasteiger partial charge < -0.3 is 10.2 Å². The van der Waals surface area contributed by atoms with Crippen molar-refractivity contribution in [3.63, 3.8) is 0 Å². The van der Waals surface area contributed by atoms with Gasteiger partial charge in [0.25, 0.3) is 5.91 Å². The second kappa shape index (κ2) is 7.12. The van der Waals surface area contributed by atoms with Gasteiger partial charge in [-0.15, -0.1) is 0 Å². The van der Waals surface area contributed by atoms with Crippen molar-refractivity contribution < 1.29 is 18.0 Å². The molecule has 126 valence electrons. The minimum absolute atomic E-state index is 0.105. The van der Waals surface area contributed by atoms with Gasteiger partial charge in [0.1, 0.15) is 15.9 Å². The number of sulfone groups is 1. The molecule has 0 aromatic heterocycles. The number of nitrogens with zero attached hydrogens (tertiary/aromatic N) is 1. The highest BCUT2D eigenvalue weighted by atomic mass is 32.2. The van der Waals surface area contributed by atoms with Gasteiger partial charge in [0.05, 0.1) is 5.75 Å². The molecular formula is C16H22N2O4S. The lowest BCUT2D eigenvalue weighted by Crippen LogP contribution is -2.48. The summed E-state index contributed by atoms with van der Waals surface area (Å²) in [7, 11) is -3.21. The SMILES string of the molecule is CCCNC(=O)[C@H](CCS(C)(=O)=O)N1Cc2ccccc2C1=O. The molecule has 6 nitrogen and oxygen atoms in total. The van der Waals surface area contributed by atoms with Crippen LogP contribution in [-0.4, -0.2) is 49.7 Å². The lowest BCUT2D eigenvalue weighted by molar-refractivity contribution is -0.125. The first kappa shape index (κ1) is 17.5. The lowest BCUT2D eigenvalue weighted by atomic mass is 10.1. The summed E-state index contributed by atoms with van der Waals surface area (Å²) in [6, 6.07) is 6.44. The molecule has 1 aliphatic rings. The van der Waals surface area contributed by atoms with E-state index in [2.05, 4.69) is 5.32 Å². The van der Waals surface area contributed by atoms with Crippen molar-refractivity contribution in [2.24, 2.45) is 0 Å². The normalized spacial score (nSPS) is 15.4. The highest BCUT2D eigenvalue weighted by Crippen LogP contribution is 2.25. The average molecular weight is 338 g/mol. The fourth-order valence-electron chi connectivity index (χ4n) is 2.65. The Balaban J connectivity index is 2.20. The number of carbonyl (C=O) groups excluding carboxylic acids is 2. The van der Waals surface area contributed by atoms with Crippen LogP contribution in [0.2, 0.25) is 0 Å². The van der Waals surface area contributed by atoms with E-state index in [1.807, 2.05) is 19.1 Å². The van der Waals surface area contributed by atoms with E-state index >= 15 is 0 Å². The average Bonchev–Trinajstić information content (AvgIpc) is 2.82. The summed E-state index contributed by atoms with van der Waals surface area (Å²) in [6.45, 7) is 2.77. The van der Waals surface area contributed by atoms with Crippen molar-refractivity contribution in [3.05, 3.63) is 35.4 Å². The van der Waals surface area contributed by atoms with Gasteiger partial charge in [-0.1, -0.05) is 25.1 Å². The Labute approximate surface area is 136 Å². The second-order valence-electron chi connectivity index (χ2n) is 5.82. The first-order chi connectivity index (χ1) is 10.8. The van der Waals surface area contributed by atoms with E-state index in [0.29, 0.717) is 18.7 Å². The zero-order chi connectivity index (χ0) is 17.0.